The smallest absolute Gasteiger partial charge is 0.0642 e. The van der Waals surface area contributed by atoms with Crippen LogP contribution in [-0.4, -0.2) is 37.6 Å². The molecule has 0 bridgehead atoms. The quantitative estimate of drug-likeness (QED) is 0.284. The van der Waals surface area contributed by atoms with Crippen LogP contribution in [-0.2, 0) is 4.74 Å². The zero-order valence-electron chi connectivity index (χ0n) is 26.1. The second-order valence-corrected chi connectivity index (χ2v) is 15.5. The van der Waals surface area contributed by atoms with Gasteiger partial charge in [0.15, 0.2) is 0 Å². The summed E-state index contributed by atoms with van der Waals surface area (Å²) in [5.74, 6) is 0. The number of rotatable bonds is 5. The van der Waals surface area contributed by atoms with E-state index >= 15 is 0 Å². The van der Waals surface area contributed by atoms with E-state index in [1.54, 1.807) is 10.9 Å². The Morgan fingerprint density at radius 1 is 0.634 bits per heavy atom. The van der Waals surface area contributed by atoms with Crippen LogP contribution in [0.4, 0.5) is 5.69 Å². The summed E-state index contributed by atoms with van der Waals surface area (Å²) in [5.41, 5.74) is 11.9. The first kappa shape index (κ1) is 30.3. The van der Waals surface area contributed by atoms with Gasteiger partial charge >= 0.3 is 0 Å². The lowest BCUT2D eigenvalue weighted by Crippen LogP contribution is -2.36. The summed E-state index contributed by atoms with van der Waals surface area (Å²) in [6.07, 6.45) is 14.7. The van der Waals surface area contributed by atoms with E-state index in [2.05, 4.69) is 93.3 Å². The summed E-state index contributed by atoms with van der Waals surface area (Å²) in [6.45, 7) is 12.7. The molecule has 0 radical (unpaired) electrons. The van der Waals surface area contributed by atoms with Gasteiger partial charge in [-0.2, -0.15) is 0 Å². The van der Waals surface area contributed by atoms with Crippen molar-refractivity contribution < 1.29 is 4.74 Å². The highest BCUT2D eigenvalue weighted by molar-refractivity contribution is 7.67. The molecule has 41 heavy (non-hydrogen) atoms. The summed E-state index contributed by atoms with van der Waals surface area (Å²) in [6, 6.07) is 23.0. The van der Waals surface area contributed by atoms with Gasteiger partial charge in [0.1, 0.15) is 0 Å². The molecular formula is C38H52NOP. The normalized spacial score (nSPS) is 18.7. The number of hydrogen-bond donors (Lipinski definition) is 0. The second kappa shape index (κ2) is 14.8. The number of ether oxygens (including phenoxy) is 1. The Labute approximate surface area is 251 Å². The van der Waals surface area contributed by atoms with Crippen LogP contribution in [0, 0.1) is 27.7 Å². The van der Waals surface area contributed by atoms with Crippen LogP contribution >= 0.6 is 7.92 Å². The van der Waals surface area contributed by atoms with Crippen molar-refractivity contribution in [2.24, 2.45) is 0 Å². The Hall–Kier alpha value is -2.15. The Kier molecular flexibility index (Phi) is 11.0. The molecule has 0 atom stereocenters. The standard InChI is InChI=1S/C27H37P.C11H15NO/c1-20-18-21(2)27(22(3)19-20)25-16-10-11-17-26(25)28(23-12-6-4-7-13-23)24-14-8-5-9-15-24;1-10-2-4-11(5-3-10)12-6-8-13-9-7-12/h10-11,16-19,23-24H,4-9,12-15H2,1-3H3;2-5H,6-9H2,1H3. The highest BCUT2D eigenvalue weighted by Crippen LogP contribution is 2.56. The Morgan fingerprint density at radius 2 is 1.17 bits per heavy atom. The van der Waals surface area contributed by atoms with Crippen LogP contribution in [0.5, 0.6) is 0 Å². The molecule has 0 unspecified atom stereocenters. The SMILES string of the molecule is Cc1cc(C)c(-c2ccccc2P(C2CCCCC2)C2CCCCC2)c(C)c1.Cc1ccc(N2CCOCC2)cc1. The van der Waals surface area contributed by atoms with E-state index in [4.69, 9.17) is 4.74 Å². The molecule has 1 heterocycles. The summed E-state index contributed by atoms with van der Waals surface area (Å²) in [5, 5.41) is 1.73. The van der Waals surface area contributed by atoms with Gasteiger partial charge in [0.25, 0.3) is 0 Å². The van der Waals surface area contributed by atoms with E-state index in [1.165, 1.54) is 97.7 Å². The lowest BCUT2D eigenvalue weighted by molar-refractivity contribution is 0.122. The molecule has 6 rings (SSSR count). The summed E-state index contributed by atoms with van der Waals surface area (Å²) < 4.78 is 5.30. The van der Waals surface area contributed by atoms with Crippen molar-refractivity contribution in [2.75, 3.05) is 31.2 Å². The number of nitrogens with zero attached hydrogens (tertiary/aromatic N) is 1. The molecule has 2 aliphatic carbocycles. The second-order valence-electron chi connectivity index (χ2n) is 12.7. The highest BCUT2D eigenvalue weighted by atomic mass is 31.1. The van der Waals surface area contributed by atoms with Gasteiger partial charge in [-0.25, -0.2) is 0 Å². The Bertz CT molecular complexity index is 1190. The van der Waals surface area contributed by atoms with Crippen molar-refractivity contribution >= 4 is 18.9 Å². The van der Waals surface area contributed by atoms with Crippen LogP contribution in [0.2, 0.25) is 0 Å². The molecule has 3 aromatic rings. The van der Waals surface area contributed by atoms with Crippen molar-refractivity contribution in [3.63, 3.8) is 0 Å². The Morgan fingerprint density at radius 3 is 1.73 bits per heavy atom. The molecule has 0 amide bonds. The van der Waals surface area contributed by atoms with Crippen molar-refractivity contribution in [1.82, 2.24) is 0 Å². The molecule has 3 heteroatoms. The van der Waals surface area contributed by atoms with E-state index in [0.717, 1.165) is 37.6 Å². The fourth-order valence-corrected chi connectivity index (χ4v) is 11.5. The zero-order chi connectivity index (χ0) is 28.6. The van der Waals surface area contributed by atoms with Gasteiger partial charge in [-0.15, -0.1) is 0 Å². The van der Waals surface area contributed by atoms with Gasteiger partial charge in [-0.05, 0) is 104 Å². The minimum absolute atomic E-state index is 0.0689. The molecule has 2 nitrogen and oxygen atoms in total. The van der Waals surface area contributed by atoms with Gasteiger partial charge in [-0.3, -0.25) is 0 Å². The largest absolute Gasteiger partial charge is 0.378 e. The molecule has 1 aliphatic heterocycles. The minimum Gasteiger partial charge on any atom is -0.378 e. The van der Waals surface area contributed by atoms with E-state index in [-0.39, 0.29) is 7.92 Å². The first-order chi connectivity index (χ1) is 20.0. The van der Waals surface area contributed by atoms with Gasteiger partial charge in [0.05, 0.1) is 13.2 Å². The van der Waals surface area contributed by atoms with E-state index < -0.39 is 0 Å². The lowest BCUT2D eigenvalue weighted by atomic mass is 9.94. The maximum Gasteiger partial charge on any atom is 0.0642 e. The topological polar surface area (TPSA) is 12.5 Å². The predicted octanol–water partition coefficient (Wildman–Crippen LogP) is 9.88. The highest BCUT2D eigenvalue weighted by Gasteiger charge is 2.33. The van der Waals surface area contributed by atoms with Gasteiger partial charge in [0.2, 0.25) is 0 Å². The number of morpholine rings is 1. The Balaban J connectivity index is 0.000000216. The molecule has 0 spiro atoms. The van der Waals surface area contributed by atoms with Crippen LogP contribution in [0.1, 0.15) is 86.5 Å². The van der Waals surface area contributed by atoms with Crippen LogP contribution < -0.4 is 10.2 Å². The number of aryl methyl sites for hydroxylation is 4. The molecule has 0 aromatic heterocycles. The molecule has 3 fully saturated rings. The molecule has 3 aromatic carbocycles. The first-order valence-electron chi connectivity index (χ1n) is 16.4. The summed E-state index contributed by atoms with van der Waals surface area (Å²) in [4.78, 5) is 2.36. The molecular weight excluding hydrogens is 517 g/mol. The summed E-state index contributed by atoms with van der Waals surface area (Å²) in [7, 11) is -0.0689. The van der Waals surface area contributed by atoms with E-state index in [9.17, 15) is 0 Å². The van der Waals surface area contributed by atoms with Crippen molar-refractivity contribution in [1.29, 1.82) is 0 Å². The monoisotopic (exact) mass is 569 g/mol. The number of anilines is 1. The minimum atomic E-state index is -0.0689. The third kappa shape index (κ3) is 7.82. The summed E-state index contributed by atoms with van der Waals surface area (Å²) >= 11 is 0. The maximum absolute atomic E-state index is 5.30. The third-order valence-corrected chi connectivity index (χ3v) is 13.0. The average molecular weight is 570 g/mol. The van der Waals surface area contributed by atoms with Gasteiger partial charge in [0, 0.05) is 18.8 Å². The molecule has 2 saturated carbocycles. The number of benzene rings is 3. The maximum atomic E-state index is 5.30. The van der Waals surface area contributed by atoms with Crippen LogP contribution in [0.25, 0.3) is 11.1 Å². The van der Waals surface area contributed by atoms with E-state index in [0.29, 0.717) is 0 Å². The molecule has 1 saturated heterocycles. The molecule has 220 valence electrons. The lowest BCUT2D eigenvalue weighted by Gasteiger charge is -2.40. The van der Waals surface area contributed by atoms with Crippen LogP contribution in [0.3, 0.4) is 0 Å². The average Bonchev–Trinajstić information content (AvgIpc) is 3.00. The fourth-order valence-electron chi connectivity index (χ4n) is 7.50. The van der Waals surface area contributed by atoms with Gasteiger partial charge in [-0.1, -0.05) is 106 Å². The van der Waals surface area contributed by atoms with E-state index in [1.807, 2.05) is 0 Å². The van der Waals surface area contributed by atoms with Gasteiger partial charge < -0.3 is 9.64 Å². The third-order valence-electron chi connectivity index (χ3n) is 9.47. The zero-order valence-corrected chi connectivity index (χ0v) is 27.0. The number of hydrogen-bond acceptors (Lipinski definition) is 2. The van der Waals surface area contributed by atoms with Crippen molar-refractivity contribution in [3.05, 3.63) is 82.9 Å². The molecule has 3 aliphatic rings. The van der Waals surface area contributed by atoms with Crippen molar-refractivity contribution in [2.45, 2.75) is 103 Å². The fraction of sp³-hybridized carbons (Fsp3) is 0.526. The predicted molar refractivity (Wildman–Crippen MR) is 181 cm³/mol. The van der Waals surface area contributed by atoms with Crippen LogP contribution in [0.15, 0.2) is 60.7 Å². The molecule has 0 N–H and O–H groups in total. The van der Waals surface area contributed by atoms with Crippen molar-refractivity contribution in [3.8, 4) is 11.1 Å². The first-order valence-corrected chi connectivity index (χ1v) is 17.8.